The topological polar surface area (TPSA) is 84.7 Å². The maximum atomic E-state index is 13.5. The van der Waals surface area contributed by atoms with Gasteiger partial charge in [0.1, 0.15) is 5.82 Å². The highest BCUT2D eigenvalue weighted by Gasteiger charge is 2.30. The first-order chi connectivity index (χ1) is 15.8. The van der Waals surface area contributed by atoms with E-state index in [9.17, 15) is 17.6 Å². The quantitative estimate of drug-likeness (QED) is 0.548. The fourth-order valence-electron chi connectivity index (χ4n) is 4.11. The molecule has 4 rings (SSSR count). The van der Waals surface area contributed by atoms with Crippen LogP contribution >= 0.6 is 11.8 Å². The number of hydrogen-bond acceptors (Lipinski definition) is 6. The van der Waals surface area contributed by atoms with Crippen molar-refractivity contribution in [3.8, 4) is 0 Å². The van der Waals surface area contributed by atoms with Gasteiger partial charge in [0.2, 0.25) is 15.9 Å². The summed E-state index contributed by atoms with van der Waals surface area (Å²) in [5.41, 5.74) is 2.02. The Labute approximate surface area is 198 Å². The standard InChI is InChI=1S/C22H29FN4O4S2/c1-16-17(2)27(14-19-6-4-12-31-19)22(24-16)32-15-21(28)25-8-10-26(11-9-25)33(29,30)20-7-3-5-18(23)13-20/h3,5,7,13,19H,4,6,8-12,14-15H2,1-2H3/t19-/m1/s1. The van der Waals surface area contributed by atoms with Crippen LogP contribution in [0.5, 0.6) is 0 Å². The monoisotopic (exact) mass is 496 g/mol. The lowest BCUT2D eigenvalue weighted by molar-refractivity contribution is -0.129. The van der Waals surface area contributed by atoms with Crippen molar-refractivity contribution in [1.29, 1.82) is 0 Å². The molecular formula is C22H29FN4O4S2. The molecule has 11 heteroatoms. The smallest absolute Gasteiger partial charge is 0.243 e. The Balaban J connectivity index is 1.33. The second-order valence-electron chi connectivity index (χ2n) is 8.34. The molecule has 8 nitrogen and oxygen atoms in total. The number of carbonyl (C=O) groups excluding carboxylic acids is 1. The van der Waals surface area contributed by atoms with Crippen molar-refractivity contribution in [3.63, 3.8) is 0 Å². The molecule has 33 heavy (non-hydrogen) atoms. The number of aromatic nitrogens is 2. The lowest BCUT2D eigenvalue weighted by Crippen LogP contribution is -2.51. The van der Waals surface area contributed by atoms with Crippen molar-refractivity contribution < 1.29 is 22.3 Å². The highest BCUT2D eigenvalue weighted by molar-refractivity contribution is 7.99. The van der Waals surface area contributed by atoms with Crippen LogP contribution in [0.3, 0.4) is 0 Å². The molecule has 1 amide bonds. The van der Waals surface area contributed by atoms with Crippen LogP contribution in [0.25, 0.3) is 0 Å². The Bertz CT molecular complexity index is 1110. The summed E-state index contributed by atoms with van der Waals surface area (Å²) >= 11 is 1.40. The van der Waals surface area contributed by atoms with Crippen molar-refractivity contribution in [1.82, 2.24) is 18.8 Å². The molecule has 1 aromatic heterocycles. The van der Waals surface area contributed by atoms with E-state index in [-0.39, 0.29) is 35.7 Å². The van der Waals surface area contributed by atoms with Gasteiger partial charge in [-0.05, 0) is 44.9 Å². The van der Waals surface area contributed by atoms with E-state index >= 15 is 0 Å². The minimum Gasteiger partial charge on any atom is -0.376 e. The van der Waals surface area contributed by atoms with Gasteiger partial charge in [-0.2, -0.15) is 4.31 Å². The van der Waals surface area contributed by atoms with Crippen LogP contribution in [0.4, 0.5) is 4.39 Å². The van der Waals surface area contributed by atoms with E-state index in [0.29, 0.717) is 13.1 Å². The average Bonchev–Trinajstić information content (AvgIpc) is 3.41. The van der Waals surface area contributed by atoms with Crippen LogP contribution in [0.1, 0.15) is 24.2 Å². The van der Waals surface area contributed by atoms with Gasteiger partial charge in [0.15, 0.2) is 5.16 Å². The van der Waals surface area contributed by atoms with Gasteiger partial charge in [-0.25, -0.2) is 17.8 Å². The van der Waals surface area contributed by atoms with Gasteiger partial charge >= 0.3 is 0 Å². The predicted molar refractivity (Wildman–Crippen MR) is 123 cm³/mol. The van der Waals surface area contributed by atoms with Gasteiger partial charge in [-0.15, -0.1) is 0 Å². The van der Waals surface area contributed by atoms with Gasteiger partial charge in [-0.1, -0.05) is 17.8 Å². The molecule has 0 aliphatic carbocycles. The van der Waals surface area contributed by atoms with Gasteiger partial charge < -0.3 is 14.2 Å². The number of nitrogens with zero attached hydrogens (tertiary/aromatic N) is 4. The molecule has 0 saturated carbocycles. The van der Waals surface area contributed by atoms with Crippen molar-refractivity contribution >= 4 is 27.7 Å². The van der Waals surface area contributed by atoms with Crippen molar-refractivity contribution in [2.75, 3.05) is 38.5 Å². The van der Waals surface area contributed by atoms with E-state index in [2.05, 4.69) is 9.55 Å². The summed E-state index contributed by atoms with van der Waals surface area (Å²) in [4.78, 5) is 19.1. The van der Waals surface area contributed by atoms with Crippen molar-refractivity contribution in [2.45, 2.75) is 49.4 Å². The number of hydrogen-bond donors (Lipinski definition) is 0. The van der Waals surface area contributed by atoms with E-state index in [0.717, 1.165) is 48.6 Å². The summed E-state index contributed by atoms with van der Waals surface area (Å²) in [5.74, 6) is -0.409. The number of thioether (sulfide) groups is 1. The third-order valence-electron chi connectivity index (χ3n) is 6.18. The lowest BCUT2D eigenvalue weighted by atomic mass is 10.2. The number of piperazine rings is 1. The third-order valence-corrected chi connectivity index (χ3v) is 9.04. The summed E-state index contributed by atoms with van der Waals surface area (Å²) in [6.45, 7) is 6.49. The van der Waals surface area contributed by atoms with Crippen molar-refractivity contribution in [2.24, 2.45) is 0 Å². The molecule has 0 radical (unpaired) electrons. The maximum absolute atomic E-state index is 13.5. The largest absolute Gasteiger partial charge is 0.376 e. The van der Waals surface area contributed by atoms with E-state index in [1.807, 2.05) is 13.8 Å². The zero-order valence-corrected chi connectivity index (χ0v) is 20.5. The van der Waals surface area contributed by atoms with E-state index < -0.39 is 15.8 Å². The van der Waals surface area contributed by atoms with Crippen LogP contribution in [-0.2, 0) is 26.1 Å². The Hall–Kier alpha value is -1.95. The minimum absolute atomic E-state index is 0.0511. The molecule has 2 saturated heterocycles. The lowest BCUT2D eigenvalue weighted by Gasteiger charge is -2.34. The van der Waals surface area contributed by atoms with Crippen molar-refractivity contribution in [3.05, 3.63) is 41.5 Å². The fourth-order valence-corrected chi connectivity index (χ4v) is 6.57. The maximum Gasteiger partial charge on any atom is 0.243 e. The van der Waals surface area contributed by atoms with Crippen LogP contribution in [-0.4, -0.2) is 77.7 Å². The normalized spacial score (nSPS) is 19.8. The van der Waals surface area contributed by atoms with Crippen LogP contribution in [0, 0.1) is 19.7 Å². The Kier molecular flexibility index (Phi) is 7.42. The van der Waals surface area contributed by atoms with Gasteiger partial charge in [0.05, 0.1) is 29.0 Å². The molecule has 2 fully saturated rings. The number of ether oxygens (including phenoxy) is 1. The summed E-state index contributed by atoms with van der Waals surface area (Å²) < 4.78 is 48.2. The van der Waals surface area contributed by atoms with Gasteiger partial charge in [-0.3, -0.25) is 4.79 Å². The Morgan fingerprint density at radius 3 is 2.67 bits per heavy atom. The molecule has 0 bridgehead atoms. The first-order valence-corrected chi connectivity index (χ1v) is 13.5. The average molecular weight is 497 g/mol. The second kappa shape index (κ2) is 10.1. The summed E-state index contributed by atoms with van der Waals surface area (Å²) in [6, 6.07) is 5.00. The number of amides is 1. The zero-order chi connectivity index (χ0) is 23.6. The SMILES string of the molecule is Cc1nc(SCC(=O)N2CCN(S(=O)(=O)c3cccc(F)c3)CC2)n(C[C@H]2CCCO2)c1C. The molecule has 1 aromatic carbocycles. The van der Waals surface area contributed by atoms with Crippen LogP contribution < -0.4 is 0 Å². The fraction of sp³-hybridized carbons (Fsp3) is 0.545. The first kappa shape index (κ1) is 24.2. The number of sulfonamides is 1. The molecule has 2 aromatic rings. The summed E-state index contributed by atoms with van der Waals surface area (Å²) in [7, 11) is -3.78. The molecule has 0 unspecified atom stereocenters. The van der Waals surface area contributed by atoms with Crippen LogP contribution in [0.2, 0.25) is 0 Å². The van der Waals surface area contributed by atoms with E-state index in [4.69, 9.17) is 4.74 Å². The molecule has 0 N–H and O–H groups in total. The summed E-state index contributed by atoms with van der Waals surface area (Å²) in [5, 5.41) is 0.807. The van der Waals surface area contributed by atoms with E-state index in [1.165, 1.54) is 34.3 Å². The molecule has 0 spiro atoms. The molecule has 1 atom stereocenters. The highest BCUT2D eigenvalue weighted by Crippen LogP contribution is 2.25. The molecule has 3 heterocycles. The number of carbonyl (C=O) groups is 1. The highest BCUT2D eigenvalue weighted by atomic mass is 32.2. The van der Waals surface area contributed by atoms with E-state index in [1.54, 1.807) is 4.90 Å². The first-order valence-electron chi connectivity index (χ1n) is 11.1. The van der Waals surface area contributed by atoms with Gasteiger partial charge in [0, 0.05) is 38.5 Å². The number of imidazole rings is 1. The number of benzene rings is 1. The second-order valence-corrected chi connectivity index (χ2v) is 11.2. The Morgan fingerprint density at radius 1 is 1.24 bits per heavy atom. The van der Waals surface area contributed by atoms with Crippen LogP contribution in [0.15, 0.2) is 34.3 Å². The number of halogens is 1. The molecule has 2 aliphatic rings. The number of aryl methyl sites for hydroxylation is 1. The number of rotatable bonds is 7. The zero-order valence-electron chi connectivity index (χ0n) is 18.9. The third kappa shape index (κ3) is 5.42. The van der Waals surface area contributed by atoms with Gasteiger partial charge in [0.25, 0.3) is 0 Å². The minimum atomic E-state index is -3.78. The summed E-state index contributed by atoms with van der Waals surface area (Å²) in [6.07, 6.45) is 2.28. The molecule has 2 aliphatic heterocycles. The Morgan fingerprint density at radius 2 is 2.00 bits per heavy atom. The predicted octanol–water partition coefficient (Wildman–Crippen LogP) is 2.44. The molecule has 180 valence electrons. The molecular weight excluding hydrogens is 467 g/mol.